The highest BCUT2D eigenvalue weighted by Crippen LogP contribution is 2.42. The highest BCUT2D eigenvalue weighted by atomic mass is 35.5. The minimum atomic E-state index is -0.221. The van der Waals surface area contributed by atoms with E-state index in [9.17, 15) is 4.79 Å². The molecule has 4 atom stereocenters. The molecule has 198 valence electrons. The standard InChI is InChI=1S/C30H40Cl3NOS/c1-4-30(3,19-29(34)35)15-14-20(2)28-13-11-25(36-28)6-5-7-26-22(10-12-27(26)33)9-8-21-16-23(31)18-24(32)17-21/h11,13,16-18,22,26-27H,2,4-10,12,14-15,19H2,1,3H3,(H2,34,35)/t22-,26+,27+,30?/m0/s1. The summed E-state index contributed by atoms with van der Waals surface area (Å²) in [4.78, 5) is 14.1. The Bertz CT molecular complexity index is 1010. The van der Waals surface area contributed by atoms with Gasteiger partial charge in [-0.15, -0.1) is 22.9 Å². The quantitative estimate of drug-likeness (QED) is 0.226. The fourth-order valence-corrected chi connectivity index (χ4v) is 7.66. The number of hydrogen-bond acceptors (Lipinski definition) is 2. The minimum Gasteiger partial charge on any atom is -0.370 e. The fourth-order valence-electron chi connectivity index (χ4n) is 5.58. The van der Waals surface area contributed by atoms with Gasteiger partial charge in [0.2, 0.25) is 5.91 Å². The molecule has 3 rings (SSSR count). The molecule has 1 aliphatic rings. The predicted molar refractivity (Wildman–Crippen MR) is 158 cm³/mol. The summed E-state index contributed by atoms with van der Waals surface area (Å²) in [5.74, 6) is 1.02. The zero-order valence-electron chi connectivity index (χ0n) is 21.6. The number of allylic oxidation sites excluding steroid dienone is 1. The number of carbonyl (C=O) groups is 1. The van der Waals surface area contributed by atoms with E-state index in [1.165, 1.54) is 28.2 Å². The Labute approximate surface area is 236 Å². The van der Waals surface area contributed by atoms with Gasteiger partial charge in [-0.25, -0.2) is 0 Å². The van der Waals surface area contributed by atoms with Crippen LogP contribution in [0.1, 0.15) is 87.0 Å². The van der Waals surface area contributed by atoms with Crippen molar-refractivity contribution in [2.75, 3.05) is 0 Å². The van der Waals surface area contributed by atoms with Crippen molar-refractivity contribution in [1.82, 2.24) is 0 Å². The second-order valence-corrected chi connectivity index (χ2v) is 13.5. The van der Waals surface area contributed by atoms with E-state index in [0.717, 1.165) is 56.9 Å². The number of alkyl halides is 1. The van der Waals surface area contributed by atoms with Crippen LogP contribution >= 0.6 is 46.1 Å². The van der Waals surface area contributed by atoms with Crippen molar-refractivity contribution < 1.29 is 4.79 Å². The van der Waals surface area contributed by atoms with Gasteiger partial charge in [-0.2, -0.15) is 0 Å². The van der Waals surface area contributed by atoms with Gasteiger partial charge in [0.05, 0.1) is 0 Å². The SMILES string of the molecule is C=C(CCC(C)(CC)CC(N)=O)c1ccc(CCC[C@@H]2[C@@H](CCc3cc(Cl)cc(Cl)c3)CC[C@H]2Cl)s1. The molecule has 2 aromatic rings. The average Bonchev–Trinajstić information content (AvgIpc) is 3.42. The molecule has 0 aliphatic heterocycles. The Hall–Kier alpha value is -1.000. The first-order valence-electron chi connectivity index (χ1n) is 13.2. The predicted octanol–water partition coefficient (Wildman–Crippen LogP) is 9.73. The number of hydrogen-bond donors (Lipinski definition) is 1. The van der Waals surface area contributed by atoms with Crippen LogP contribution in [0, 0.1) is 17.3 Å². The van der Waals surface area contributed by atoms with E-state index >= 15 is 0 Å². The number of amides is 1. The van der Waals surface area contributed by atoms with Gasteiger partial charge in [-0.1, -0.05) is 50.0 Å². The van der Waals surface area contributed by atoms with Crippen molar-refractivity contribution in [2.24, 2.45) is 23.0 Å². The van der Waals surface area contributed by atoms with Crippen LogP contribution in [0.15, 0.2) is 36.9 Å². The lowest BCUT2D eigenvalue weighted by Crippen LogP contribution is -2.24. The monoisotopic (exact) mass is 567 g/mol. The number of rotatable bonds is 14. The molecule has 1 fully saturated rings. The Morgan fingerprint density at radius 3 is 2.53 bits per heavy atom. The zero-order chi connectivity index (χ0) is 26.3. The van der Waals surface area contributed by atoms with Gasteiger partial charge in [0.25, 0.3) is 0 Å². The van der Waals surface area contributed by atoms with Crippen molar-refractivity contribution in [3.63, 3.8) is 0 Å². The first-order chi connectivity index (χ1) is 17.1. The van der Waals surface area contributed by atoms with E-state index in [1.54, 1.807) is 6.07 Å². The van der Waals surface area contributed by atoms with Gasteiger partial charge in [-0.3, -0.25) is 4.79 Å². The van der Waals surface area contributed by atoms with E-state index in [0.29, 0.717) is 28.3 Å². The molecule has 2 N–H and O–H groups in total. The third kappa shape index (κ3) is 8.79. The second-order valence-electron chi connectivity index (χ2n) is 10.9. The molecule has 0 saturated heterocycles. The van der Waals surface area contributed by atoms with Gasteiger partial charge < -0.3 is 5.73 Å². The molecular formula is C30H40Cl3NOS. The summed E-state index contributed by atoms with van der Waals surface area (Å²) < 4.78 is 0. The minimum absolute atomic E-state index is 0.0518. The number of nitrogens with two attached hydrogens (primary N) is 1. The molecule has 1 amide bonds. The van der Waals surface area contributed by atoms with Crippen molar-refractivity contribution in [2.45, 2.75) is 89.9 Å². The summed E-state index contributed by atoms with van der Waals surface area (Å²) >= 11 is 21.0. The van der Waals surface area contributed by atoms with Crippen molar-refractivity contribution in [3.05, 3.63) is 62.3 Å². The number of thiophene rings is 1. The number of carbonyl (C=O) groups excluding carboxylic acids is 1. The van der Waals surface area contributed by atoms with Crippen LogP contribution in [-0.4, -0.2) is 11.3 Å². The van der Waals surface area contributed by atoms with Crippen LogP contribution in [0.25, 0.3) is 5.57 Å². The van der Waals surface area contributed by atoms with E-state index in [4.69, 9.17) is 40.5 Å². The Morgan fingerprint density at radius 1 is 1.14 bits per heavy atom. The summed E-state index contributed by atoms with van der Waals surface area (Å²) in [5, 5.41) is 1.70. The van der Waals surface area contributed by atoms with Crippen molar-refractivity contribution >= 4 is 57.6 Å². The third-order valence-corrected chi connectivity index (χ3v) is 10.3. The topological polar surface area (TPSA) is 43.1 Å². The summed E-state index contributed by atoms with van der Waals surface area (Å²) in [7, 11) is 0. The molecular weight excluding hydrogens is 529 g/mol. The molecule has 1 aliphatic carbocycles. The number of benzene rings is 1. The number of halogens is 3. The maximum Gasteiger partial charge on any atom is 0.217 e. The number of primary amides is 1. The maximum atomic E-state index is 11.4. The van der Waals surface area contributed by atoms with Crippen molar-refractivity contribution in [1.29, 1.82) is 0 Å². The molecule has 0 spiro atoms. The fraction of sp³-hybridized carbons (Fsp3) is 0.567. The first kappa shape index (κ1) is 29.6. The van der Waals surface area contributed by atoms with Gasteiger partial charge in [0.1, 0.15) is 0 Å². The van der Waals surface area contributed by atoms with Gasteiger partial charge in [0.15, 0.2) is 0 Å². The van der Waals surface area contributed by atoms with Gasteiger partial charge >= 0.3 is 0 Å². The summed E-state index contributed by atoms with van der Waals surface area (Å²) in [5.41, 5.74) is 7.78. The Balaban J connectivity index is 1.46. The highest BCUT2D eigenvalue weighted by molar-refractivity contribution is 7.13. The molecule has 1 heterocycles. The largest absolute Gasteiger partial charge is 0.370 e. The molecule has 6 heteroatoms. The molecule has 36 heavy (non-hydrogen) atoms. The van der Waals surface area contributed by atoms with E-state index in [2.05, 4.69) is 32.6 Å². The molecule has 1 aromatic heterocycles. The van der Waals surface area contributed by atoms with E-state index in [-0.39, 0.29) is 16.7 Å². The van der Waals surface area contributed by atoms with Crippen LogP contribution in [0.4, 0.5) is 0 Å². The van der Waals surface area contributed by atoms with Gasteiger partial charge in [-0.05, 0) is 117 Å². The molecule has 1 saturated carbocycles. The lowest BCUT2D eigenvalue weighted by molar-refractivity contribution is -0.120. The Kier molecular flexibility index (Phi) is 11.2. The van der Waals surface area contributed by atoms with Crippen LogP contribution in [-0.2, 0) is 17.6 Å². The third-order valence-electron chi connectivity index (χ3n) is 8.07. The molecule has 0 bridgehead atoms. The average molecular weight is 569 g/mol. The smallest absolute Gasteiger partial charge is 0.217 e. The second kappa shape index (κ2) is 13.7. The first-order valence-corrected chi connectivity index (χ1v) is 15.2. The molecule has 1 aromatic carbocycles. The number of aryl methyl sites for hydroxylation is 2. The van der Waals surface area contributed by atoms with Crippen LogP contribution in [0.5, 0.6) is 0 Å². The lowest BCUT2D eigenvalue weighted by atomic mass is 9.78. The van der Waals surface area contributed by atoms with Crippen molar-refractivity contribution in [3.8, 4) is 0 Å². The Morgan fingerprint density at radius 2 is 1.86 bits per heavy atom. The van der Waals surface area contributed by atoms with Crippen LogP contribution in [0.2, 0.25) is 10.0 Å². The summed E-state index contributed by atoms with van der Waals surface area (Å²) in [6.07, 6.45) is 11.1. The van der Waals surface area contributed by atoms with E-state index < -0.39 is 0 Å². The normalized spacial score (nSPS) is 21.4. The molecule has 0 radical (unpaired) electrons. The van der Waals surface area contributed by atoms with Crippen LogP contribution in [0.3, 0.4) is 0 Å². The highest BCUT2D eigenvalue weighted by Gasteiger charge is 2.34. The van der Waals surface area contributed by atoms with Crippen LogP contribution < -0.4 is 5.73 Å². The molecule has 1 unspecified atom stereocenters. The summed E-state index contributed by atoms with van der Waals surface area (Å²) in [6, 6.07) is 10.3. The van der Waals surface area contributed by atoms with Gasteiger partial charge in [0, 0.05) is 31.6 Å². The zero-order valence-corrected chi connectivity index (χ0v) is 24.7. The molecule has 2 nitrogen and oxygen atoms in total. The maximum absolute atomic E-state index is 11.4. The van der Waals surface area contributed by atoms with E-state index in [1.807, 2.05) is 23.5 Å². The summed E-state index contributed by atoms with van der Waals surface area (Å²) in [6.45, 7) is 8.61. The lowest BCUT2D eigenvalue weighted by Gasteiger charge is -2.27.